The lowest BCUT2D eigenvalue weighted by Crippen LogP contribution is -2.30. The largest absolute Gasteiger partial charge is 0.481 e. The Hall–Kier alpha value is -3.79. The van der Waals surface area contributed by atoms with Gasteiger partial charge in [-0.3, -0.25) is 4.79 Å². The summed E-state index contributed by atoms with van der Waals surface area (Å²) < 4.78 is 11.8. The molecule has 1 N–H and O–H groups in total. The van der Waals surface area contributed by atoms with E-state index in [-0.39, 0.29) is 5.91 Å². The number of fused-ring (bicyclic) bond motifs is 1. The predicted molar refractivity (Wildman–Crippen MR) is 116 cm³/mol. The third-order valence-electron chi connectivity index (χ3n) is 4.52. The third-order valence-corrected chi connectivity index (χ3v) is 4.52. The average Bonchev–Trinajstić information content (AvgIpc) is 2.75. The molecule has 29 heavy (non-hydrogen) atoms. The molecule has 4 nitrogen and oxygen atoms in total. The van der Waals surface area contributed by atoms with Crippen LogP contribution in [0.4, 0.5) is 5.69 Å². The molecule has 0 radical (unpaired) electrons. The molecule has 4 rings (SSSR count). The maximum absolute atomic E-state index is 12.7. The lowest BCUT2D eigenvalue weighted by Gasteiger charge is -2.17. The van der Waals surface area contributed by atoms with Crippen LogP contribution < -0.4 is 14.8 Å². The van der Waals surface area contributed by atoms with Crippen molar-refractivity contribution >= 4 is 22.4 Å². The van der Waals surface area contributed by atoms with Crippen LogP contribution in [0.3, 0.4) is 0 Å². The van der Waals surface area contributed by atoms with Crippen LogP contribution in [-0.2, 0) is 4.79 Å². The van der Waals surface area contributed by atoms with E-state index >= 15 is 0 Å². The molecule has 0 heterocycles. The summed E-state index contributed by atoms with van der Waals surface area (Å²) in [7, 11) is 0. The van der Waals surface area contributed by atoms with E-state index < -0.39 is 6.10 Å². The smallest absolute Gasteiger partial charge is 0.265 e. The maximum Gasteiger partial charge on any atom is 0.265 e. The van der Waals surface area contributed by atoms with Crippen molar-refractivity contribution in [3.8, 4) is 17.2 Å². The Morgan fingerprint density at radius 2 is 1.45 bits per heavy atom. The number of amides is 1. The van der Waals surface area contributed by atoms with E-state index in [0.717, 1.165) is 10.8 Å². The minimum Gasteiger partial charge on any atom is -0.481 e. The quantitative estimate of drug-likeness (QED) is 0.442. The Bertz CT molecular complexity index is 1120. The fraction of sp³-hybridized carbons (Fsp3) is 0.0800. The van der Waals surface area contributed by atoms with Crippen LogP contribution in [0, 0.1) is 0 Å². The molecule has 0 saturated heterocycles. The molecule has 0 aliphatic heterocycles. The SMILES string of the molecule is CC(Oc1ccc2ccccc2c1)C(=O)Nc1ccccc1Oc1ccccc1. The van der Waals surface area contributed by atoms with Crippen molar-refractivity contribution in [2.24, 2.45) is 0 Å². The lowest BCUT2D eigenvalue weighted by atomic mass is 10.1. The zero-order valence-corrected chi connectivity index (χ0v) is 16.0. The average molecular weight is 383 g/mol. The summed E-state index contributed by atoms with van der Waals surface area (Å²) in [5.41, 5.74) is 0.593. The van der Waals surface area contributed by atoms with Crippen LogP contribution in [0.1, 0.15) is 6.92 Å². The molecule has 0 fully saturated rings. The number of nitrogens with one attached hydrogen (secondary N) is 1. The number of anilines is 1. The summed E-state index contributed by atoms with van der Waals surface area (Å²) in [6, 6.07) is 30.6. The Morgan fingerprint density at radius 3 is 2.28 bits per heavy atom. The van der Waals surface area contributed by atoms with Gasteiger partial charge in [0.05, 0.1) is 5.69 Å². The van der Waals surface area contributed by atoms with Crippen LogP contribution >= 0.6 is 0 Å². The fourth-order valence-electron chi connectivity index (χ4n) is 3.01. The third kappa shape index (κ3) is 4.55. The highest BCUT2D eigenvalue weighted by Gasteiger charge is 2.17. The van der Waals surface area contributed by atoms with Crippen LogP contribution in [0.2, 0.25) is 0 Å². The molecule has 0 aliphatic rings. The molecule has 4 heteroatoms. The number of hydrogen-bond donors (Lipinski definition) is 1. The van der Waals surface area contributed by atoms with E-state index in [1.54, 1.807) is 13.0 Å². The van der Waals surface area contributed by atoms with E-state index in [1.165, 1.54) is 0 Å². The van der Waals surface area contributed by atoms with Gasteiger partial charge in [-0.15, -0.1) is 0 Å². The standard InChI is InChI=1S/C25H21NO3/c1-18(28-22-16-15-19-9-5-6-10-20(19)17-22)25(27)26-23-13-7-8-14-24(23)29-21-11-3-2-4-12-21/h2-18H,1H3,(H,26,27). The Balaban J connectivity index is 1.46. The van der Waals surface area contributed by atoms with E-state index in [0.29, 0.717) is 22.9 Å². The van der Waals surface area contributed by atoms with E-state index in [4.69, 9.17) is 9.47 Å². The first-order valence-electron chi connectivity index (χ1n) is 9.47. The molecule has 0 aromatic heterocycles. The Kier molecular flexibility index (Phi) is 5.43. The van der Waals surface area contributed by atoms with Gasteiger partial charge >= 0.3 is 0 Å². The van der Waals surface area contributed by atoms with Gasteiger partial charge in [0.2, 0.25) is 0 Å². The fourth-order valence-corrected chi connectivity index (χ4v) is 3.01. The number of carbonyl (C=O) groups excluding carboxylic acids is 1. The number of rotatable bonds is 6. The molecule has 0 spiro atoms. The van der Waals surface area contributed by atoms with E-state index in [9.17, 15) is 4.79 Å². The van der Waals surface area contributed by atoms with Gasteiger partial charge in [0.15, 0.2) is 11.9 Å². The summed E-state index contributed by atoms with van der Waals surface area (Å²) in [6.45, 7) is 1.73. The molecule has 4 aromatic carbocycles. The number of ether oxygens (including phenoxy) is 2. The molecular weight excluding hydrogens is 362 g/mol. The molecule has 0 saturated carbocycles. The van der Waals surface area contributed by atoms with Gasteiger partial charge < -0.3 is 14.8 Å². The molecule has 1 amide bonds. The highest BCUT2D eigenvalue weighted by molar-refractivity contribution is 5.95. The molecule has 0 bridgehead atoms. The van der Waals surface area contributed by atoms with Crippen LogP contribution in [0.15, 0.2) is 97.1 Å². The van der Waals surface area contributed by atoms with E-state index in [1.807, 2.05) is 91.0 Å². The van der Waals surface area contributed by atoms with Crippen LogP contribution in [-0.4, -0.2) is 12.0 Å². The van der Waals surface area contributed by atoms with Gasteiger partial charge in [-0.1, -0.05) is 60.7 Å². The maximum atomic E-state index is 12.7. The van der Waals surface area contributed by atoms with Crippen molar-refractivity contribution in [3.63, 3.8) is 0 Å². The van der Waals surface area contributed by atoms with Gasteiger partial charge in [-0.2, -0.15) is 0 Å². The highest BCUT2D eigenvalue weighted by atomic mass is 16.5. The van der Waals surface area contributed by atoms with Crippen LogP contribution in [0.5, 0.6) is 17.2 Å². The molecule has 1 atom stereocenters. The molecule has 0 aliphatic carbocycles. The molecule has 144 valence electrons. The predicted octanol–water partition coefficient (Wildman–Crippen LogP) is 6.04. The number of hydrogen-bond acceptors (Lipinski definition) is 3. The summed E-state index contributed by atoms with van der Waals surface area (Å²) in [5.74, 6) is 1.68. The van der Waals surface area contributed by atoms with Crippen molar-refractivity contribution in [3.05, 3.63) is 97.1 Å². The zero-order valence-electron chi connectivity index (χ0n) is 16.0. The van der Waals surface area contributed by atoms with Crippen molar-refractivity contribution in [1.82, 2.24) is 0 Å². The Morgan fingerprint density at radius 1 is 0.759 bits per heavy atom. The molecular formula is C25H21NO3. The summed E-state index contributed by atoms with van der Waals surface area (Å²) >= 11 is 0. The second-order valence-corrected chi connectivity index (χ2v) is 6.67. The number of carbonyl (C=O) groups is 1. The van der Waals surface area contributed by atoms with Crippen molar-refractivity contribution in [1.29, 1.82) is 0 Å². The lowest BCUT2D eigenvalue weighted by molar-refractivity contribution is -0.122. The van der Waals surface area contributed by atoms with Gasteiger partial charge in [0, 0.05) is 0 Å². The summed E-state index contributed by atoms with van der Waals surface area (Å²) in [5, 5.41) is 5.10. The van der Waals surface area contributed by atoms with E-state index in [2.05, 4.69) is 5.32 Å². The Labute approximate surface area is 169 Å². The first-order chi connectivity index (χ1) is 14.2. The zero-order chi connectivity index (χ0) is 20.1. The molecule has 1 unspecified atom stereocenters. The summed E-state index contributed by atoms with van der Waals surface area (Å²) in [6.07, 6.45) is -0.666. The first kappa shape index (κ1) is 18.6. The molecule has 4 aromatic rings. The topological polar surface area (TPSA) is 47.6 Å². The minimum absolute atomic E-state index is 0.248. The summed E-state index contributed by atoms with van der Waals surface area (Å²) in [4.78, 5) is 12.7. The van der Waals surface area contributed by atoms with Gasteiger partial charge in [-0.05, 0) is 54.1 Å². The number of para-hydroxylation sites is 3. The normalized spacial score (nSPS) is 11.6. The van der Waals surface area contributed by atoms with Gasteiger partial charge in [0.25, 0.3) is 5.91 Å². The van der Waals surface area contributed by atoms with Gasteiger partial charge in [-0.25, -0.2) is 0 Å². The highest BCUT2D eigenvalue weighted by Crippen LogP contribution is 2.29. The monoisotopic (exact) mass is 383 g/mol. The van der Waals surface area contributed by atoms with Crippen molar-refractivity contribution < 1.29 is 14.3 Å². The minimum atomic E-state index is -0.666. The van der Waals surface area contributed by atoms with Crippen molar-refractivity contribution in [2.75, 3.05) is 5.32 Å². The first-order valence-corrected chi connectivity index (χ1v) is 9.47. The second kappa shape index (κ2) is 8.48. The van der Waals surface area contributed by atoms with Crippen molar-refractivity contribution in [2.45, 2.75) is 13.0 Å². The van der Waals surface area contributed by atoms with Gasteiger partial charge in [0.1, 0.15) is 11.5 Å². The number of benzene rings is 4. The van der Waals surface area contributed by atoms with Crippen LogP contribution in [0.25, 0.3) is 10.8 Å². The second-order valence-electron chi connectivity index (χ2n) is 6.67.